The van der Waals surface area contributed by atoms with Crippen LogP contribution in [0, 0.1) is 13.8 Å². The number of phenols is 1. The van der Waals surface area contributed by atoms with Gasteiger partial charge in [-0.3, -0.25) is 0 Å². The van der Waals surface area contributed by atoms with Crippen LogP contribution in [0.25, 0.3) is 0 Å². The van der Waals surface area contributed by atoms with Gasteiger partial charge in [0, 0.05) is 18.2 Å². The van der Waals surface area contributed by atoms with Crippen molar-refractivity contribution >= 4 is 5.69 Å². The van der Waals surface area contributed by atoms with Crippen molar-refractivity contribution in [1.29, 1.82) is 0 Å². The van der Waals surface area contributed by atoms with Gasteiger partial charge in [-0.2, -0.15) is 0 Å². The van der Waals surface area contributed by atoms with Crippen LogP contribution in [0.15, 0.2) is 34.9 Å². The zero-order valence-electron chi connectivity index (χ0n) is 11.7. The smallest absolute Gasteiger partial charge is 0.118 e. The van der Waals surface area contributed by atoms with Crippen LogP contribution in [-0.2, 0) is 6.42 Å². The minimum Gasteiger partial charge on any atom is -0.508 e. The Bertz CT molecular complexity index is 532. The molecule has 0 fully saturated rings. The molecule has 0 aliphatic heterocycles. The van der Waals surface area contributed by atoms with Crippen LogP contribution < -0.4 is 5.32 Å². The van der Waals surface area contributed by atoms with E-state index in [4.69, 9.17) is 4.42 Å². The molecule has 0 bridgehead atoms. The van der Waals surface area contributed by atoms with Crippen molar-refractivity contribution in [2.75, 3.05) is 5.32 Å². The predicted molar refractivity (Wildman–Crippen MR) is 77.7 cm³/mol. The van der Waals surface area contributed by atoms with Crippen LogP contribution in [0.1, 0.15) is 30.2 Å². The molecule has 0 spiro atoms. The number of hydrogen-bond acceptors (Lipinski definition) is 3. The Kier molecular flexibility index (Phi) is 4.15. The summed E-state index contributed by atoms with van der Waals surface area (Å²) in [6, 6.07) is 8.07. The summed E-state index contributed by atoms with van der Waals surface area (Å²) in [7, 11) is 0. The van der Waals surface area contributed by atoms with Gasteiger partial charge in [0.05, 0.1) is 6.26 Å². The lowest BCUT2D eigenvalue weighted by molar-refractivity contribution is 0.470. The quantitative estimate of drug-likeness (QED) is 0.797. The summed E-state index contributed by atoms with van der Waals surface area (Å²) in [6.45, 7) is 6.07. The zero-order chi connectivity index (χ0) is 13.8. The molecule has 1 aromatic heterocycles. The fraction of sp³-hybridized carbons (Fsp3) is 0.375. The fourth-order valence-corrected chi connectivity index (χ4v) is 2.11. The van der Waals surface area contributed by atoms with E-state index in [1.807, 2.05) is 32.0 Å². The maximum absolute atomic E-state index is 9.65. The van der Waals surface area contributed by atoms with E-state index in [-0.39, 0.29) is 0 Å². The number of phenolic OH excluding ortho intramolecular Hbond substituents is 1. The van der Waals surface area contributed by atoms with E-state index in [1.165, 1.54) is 0 Å². The highest BCUT2D eigenvalue weighted by molar-refractivity contribution is 5.57. The van der Waals surface area contributed by atoms with Crippen LogP contribution in [0.5, 0.6) is 5.75 Å². The van der Waals surface area contributed by atoms with Crippen molar-refractivity contribution in [3.05, 3.63) is 47.4 Å². The third-order valence-electron chi connectivity index (χ3n) is 3.35. The Morgan fingerprint density at radius 3 is 2.74 bits per heavy atom. The first kappa shape index (κ1) is 13.5. The molecule has 0 radical (unpaired) electrons. The fourth-order valence-electron chi connectivity index (χ4n) is 2.11. The summed E-state index contributed by atoms with van der Waals surface area (Å²) in [6.07, 6.45) is 3.64. The molecule has 1 aromatic carbocycles. The number of aryl methyl sites for hydroxylation is 3. The average Bonchev–Trinajstić information content (AvgIpc) is 2.86. The van der Waals surface area contributed by atoms with E-state index < -0.39 is 0 Å². The van der Waals surface area contributed by atoms with Gasteiger partial charge < -0.3 is 14.8 Å². The number of benzene rings is 1. The molecule has 0 aliphatic rings. The van der Waals surface area contributed by atoms with Crippen LogP contribution >= 0.6 is 0 Å². The van der Waals surface area contributed by atoms with Crippen LogP contribution in [0.4, 0.5) is 5.69 Å². The first-order chi connectivity index (χ1) is 9.06. The molecule has 1 atom stereocenters. The lowest BCUT2D eigenvalue weighted by Crippen LogP contribution is -2.16. The van der Waals surface area contributed by atoms with Gasteiger partial charge in [0.15, 0.2) is 0 Å². The Morgan fingerprint density at radius 1 is 1.26 bits per heavy atom. The number of nitrogens with one attached hydrogen (secondary N) is 1. The molecule has 0 aliphatic carbocycles. The largest absolute Gasteiger partial charge is 0.508 e. The SMILES string of the molecule is Cc1cc(NC(C)CCc2ccco2)c(C)cc1O. The van der Waals surface area contributed by atoms with Gasteiger partial charge in [-0.25, -0.2) is 0 Å². The van der Waals surface area contributed by atoms with Crippen molar-refractivity contribution in [2.45, 2.75) is 39.7 Å². The standard InChI is InChI=1S/C16H21NO2/c1-11-10-16(18)12(2)9-15(11)17-13(3)6-7-14-5-4-8-19-14/h4-5,8-10,13,17-18H,6-7H2,1-3H3. The molecule has 3 nitrogen and oxygen atoms in total. The van der Waals surface area contributed by atoms with Crippen molar-refractivity contribution in [2.24, 2.45) is 0 Å². The lowest BCUT2D eigenvalue weighted by atomic mass is 10.1. The maximum atomic E-state index is 9.65. The number of hydrogen-bond donors (Lipinski definition) is 2. The molecule has 2 N–H and O–H groups in total. The van der Waals surface area contributed by atoms with Crippen LogP contribution in [0.3, 0.4) is 0 Å². The second kappa shape index (κ2) is 5.83. The van der Waals surface area contributed by atoms with Crippen molar-refractivity contribution in [3.8, 4) is 5.75 Å². The molecule has 2 aromatic rings. The molecule has 1 unspecified atom stereocenters. The van der Waals surface area contributed by atoms with Gasteiger partial charge in [-0.15, -0.1) is 0 Å². The molecule has 0 saturated carbocycles. The highest BCUT2D eigenvalue weighted by Gasteiger charge is 2.08. The third-order valence-corrected chi connectivity index (χ3v) is 3.35. The molecule has 102 valence electrons. The van der Waals surface area contributed by atoms with E-state index >= 15 is 0 Å². The van der Waals surface area contributed by atoms with Gasteiger partial charge in [-0.05, 0) is 62.6 Å². The lowest BCUT2D eigenvalue weighted by Gasteiger charge is -2.17. The minimum absolute atomic E-state index is 0.353. The third kappa shape index (κ3) is 3.53. The van der Waals surface area contributed by atoms with Gasteiger partial charge in [0.25, 0.3) is 0 Å². The Balaban J connectivity index is 1.95. The topological polar surface area (TPSA) is 45.4 Å². The maximum Gasteiger partial charge on any atom is 0.118 e. The summed E-state index contributed by atoms with van der Waals surface area (Å²) in [5.74, 6) is 1.37. The van der Waals surface area contributed by atoms with Crippen LogP contribution in [-0.4, -0.2) is 11.1 Å². The Hall–Kier alpha value is -1.90. The van der Waals surface area contributed by atoms with E-state index in [1.54, 1.807) is 12.3 Å². The average molecular weight is 259 g/mol. The zero-order valence-corrected chi connectivity index (χ0v) is 11.7. The molecule has 1 heterocycles. The summed E-state index contributed by atoms with van der Waals surface area (Å²) < 4.78 is 5.33. The second-order valence-corrected chi connectivity index (χ2v) is 5.12. The molecule has 19 heavy (non-hydrogen) atoms. The first-order valence-electron chi connectivity index (χ1n) is 6.65. The monoisotopic (exact) mass is 259 g/mol. The van der Waals surface area contributed by atoms with Gasteiger partial charge in [-0.1, -0.05) is 0 Å². The first-order valence-corrected chi connectivity index (χ1v) is 6.65. The summed E-state index contributed by atoms with van der Waals surface area (Å²) in [4.78, 5) is 0. The number of rotatable bonds is 5. The van der Waals surface area contributed by atoms with E-state index in [2.05, 4.69) is 12.2 Å². The number of furan rings is 1. The normalized spacial score (nSPS) is 12.4. The van der Waals surface area contributed by atoms with Gasteiger partial charge in [0.2, 0.25) is 0 Å². The summed E-state index contributed by atoms with van der Waals surface area (Å²) in [5.41, 5.74) is 3.04. The van der Waals surface area contributed by atoms with E-state index in [0.29, 0.717) is 11.8 Å². The second-order valence-electron chi connectivity index (χ2n) is 5.12. The van der Waals surface area contributed by atoms with Gasteiger partial charge in [0.1, 0.15) is 11.5 Å². The highest BCUT2D eigenvalue weighted by atomic mass is 16.3. The minimum atomic E-state index is 0.353. The van der Waals surface area contributed by atoms with Crippen molar-refractivity contribution < 1.29 is 9.52 Å². The summed E-state index contributed by atoms with van der Waals surface area (Å²) >= 11 is 0. The Morgan fingerprint density at radius 2 is 2.05 bits per heavy atom. The Labute approximate surface area is 114 Å². The number of anilines is 1. The van der Waals surface area contributed by atoms with E-state index in [9.17, 15) is 5.11 Å². The molecule has 0 amide bonds. The van der Waals surface area contributed by atoms with Crippen molar-refractivity contribution in [1.82, 2.24) is 0 Å². The predicted octanol–water partition coefficient (Wildman–Crippen LogP) is 4.04. The summed E-state index contributed by atoms with van der Waals surface area (Å²) in [5, 5.41) is 13.1. The molecular formula is C16H21NO2. The van der Waals surface area contributed by atoms with Gasteiger partial charge >= 0.3 is 0 Å². The molecule has 0 saturated heterocycles. The highest BCUT2D eigenvalue weighted by Crippen LogP contribution is 2.25. The number of aromatic hydroxyl groups is 1. The van der Waals surface area contributed by atoms with Crippen LogP contribution in [0.2, 0.25) is 0 Å². The molecular weight excluding hydrogens is 238 g/mol. The molecule has 3 heteroatoms. The van der Waals surface area contributed by atoms with E-state index in [0.717, 1.165) is 35.4 Å². The van der Waals surface area contributed by atoms with Crippen molar-refractivity contribution in [3.63, 3.8) is 0 Å². The molecule has 2 rings (SSSR count).